The van der Waals surface area contributed by atoms with Gasteiger partial charge in [-0.05, 0) is 89.3 Å². The fourth-order valence-corrected chi connectivity index (χ4v) is 11.1. The number of rotatable bonds is 7. The molecule has 1 aliphatic carbocycles. The smallest absolute Gasteiger partial charge is 0.0973 e. The summed E-state index contributed by atoms with van der Waals surface area (Å²) in [6, 6.07) is 85.3. The van der Waals surface area contributed by atoms with Gasteiger partial charge in [0.2, 0.25) is 0 Å². The van der Waals surface area contributed by atoms with Gasteiger partial charge < -0.3 is 0 Å². The molecule has 12 aromatic rings. The molecule has 0 atom stereocenters. The molecular formula is C64H41N3. The highest BCUT2D eigenvalue weighted by atomic mass is 14.8. The lowest BCUT2D eigenvalue weighted by molar-refractivity contribution is 0.768. The van der Waals surface area contributed by atoms with Crippen molar-refractivity contribution in [3.05, 3.63) is 271 Å². The third-order valence-corrected chi connectivity index (χ3v) is 13.8. The van der Waals surface area contributed by atoms with E-state index in [0.717, 1.165) is 55.8 Å². The van der Waals surface area contributed by atoms with Crippen LogP contribution in [0.2, 0.25) is 0 Å². The van der Waals surface area contributed by atoms with Crippen molar-refractivity contribution in [3.63, 3.8) is 0 Å². The number of benzene rings is 10. The molecule has 312 valence electrons. The summed E-state index contributed by atoms with van der Waals surface area (Å²) < 4.78 is 0. The van der Waals surface area contributed by atoms with Crippen LogP contribution in [0, 0.1) is 0 Å². The van der Waals surface area contributed by atoms with Crippen LogP contribution in [0.5, 0.6) is 0 Å². The molecule has 0 bridgehead atoms. The standard InChI is InChI=1S/C64H41N3/c1-4-19-43(20-5-1)61-62(44-38-36-42(37-39-44)58-48-26-10-12-28-50(48)59(45-21-18-40-65-41-45)51-29-13-11-27-49(51)58)67-63-53(32-17-35-57(63)66-61)52-31-16-34-56-60(52)54-30-14-15-33-55(54)64(56,46-22-6-2-7-23-46)47-24-8-3-9-25-47/h1-41H. The van der Waals surface area contributed by atoms with Crippen molar-refractivity contribution in [3.8, 4) is 67.0 Å². The van der Waals surface area contributed by atoms with Gasteiger partial charge in [-0.25, -0.2) is 9.97 Å². The Balaban J connectivity index is 1.02. The molecule has 0 aliphatic heterocycles. The molecule has 0 saturated carbocycles. The molecule has 3 heteroatoms. The highest BCUT2D eigenvalue weighted by molar-refractivity contribution is 6.21. The summed E-state index contributed by atoms with van der Waals surface area (Å²) in [7, 11) is 0. The highest BCUT2D eigenvalue weighted by Crippen LogP contribution is 2.58. The van der Waals surface area contributed by atoms with Gasteiger partial charge in [0, 0.05) is 34.6 Å². The van der Waals surface area contributed by atoms with Gasteiger partial charge in [0.1, 0.15) is 0 Å². The predicted molar refractivity (Wildman–Crippen MR) is 277 cm³/mol. The summed E-state index contributed by atoms with van der Waals surface area (Å²) in [6.45, 7) is 0. The van der Waals surface area contributed by atoms with Crippen molar-refractivity contribution < 1.29 is 0 Å². The van der Waals surface area contributed by atoms with Crippen molar-refractivity contribution in [1.29, 1.82) is 0 Å². The van der Waals surface area contributed by atoms with Gasteiger partial charge in [-0.15, -0.1) is 0 Å². The molecular weight excluding hydrogens is 811 g/mol. The quantitative estimate of drug-likeness (QED) is 0.150. The van der Waals surface area contributed by atoms with E-state index in [1.54, 1.807) is 0 Å². The second kappa shape index (κ2) is 15.7. The topological polar surface area (TPSA) is 38.7 Å². The monoisotopic (exact) mass is 851 g/mol. The summed E-state index contributed by atoms with van der Waals surface area (Å²) in [5.74, 6) is 0. The minimum atomic E-state index is -0.510. The van der Waals surface area contributed by atoms with E-state index >= 15 is 0 Å². The van der Waals surface area contributed by atoms with E-state index < -0.39 is 5.41 Å². The molecule has 0 N–H and O–H groups in total. The van der Waals surface area contributed by atoms with E-state index in [1.165, 1.54) is 66.1 Å². The lowest BCUT2D eigenvalue weighted by Crippen LogP contribution is -2.28. The normalized spacial score (nSPS) is 12.6. The molecule has 3 nitrogen and oxygen atoms in total. The summed E-state index contributed by atoms with van der Waals surface area (Å²) in [5, 5.41) is 4.81. The fraction of sp³-hybridized carbons (Fsp3) is 0.0156. The molecule has 67 heavy (non-hydrogen) atoms. The van der Waals surface area contributed by atoms with E-state index in [-0.39, 0.29) is 0 Å². The van der Waals surface area contributed by atoms with Crippen LogP contribution >= 0.6 is 0 Å². The Labute approximate surface area is 389 Å². The van der Waals surface area contributed by atoms with E-state index in [2.05, 4.69) is 236 Å². The number of pyridine rings is 1. The predicted octanol–water partition coefficient (Wildman–Crippen LogP) is 16.0. The maximum absolute atomic E-state index is 5.71. The Morgan fingerprint density at radius 2 is 0.776 bits per heavy atom. The number of hydrogen-bond acceptors (Lipinski definition) is 3. The Kier molecular flexibility index (Phi) is 9.07. The number of aromatic nitrogens is 3. The number of nitrogens with zero attached hydrogens (tertiary/aromatic N) is 3. The SMILES string of the molecule is c1ccc(-c2nc3cccc(-c4cccc5c4-c4ccccc4C5(c4ccccc4)c4ccccc4)c3nc2-c2ccc(-c3c4ccccc4c(-c4cccnc4)c4ccccc34)cc2)cc1. The van der Waals surface area contributed by atoms with Gasteiger partial charge in [0.25, 0.3) is 0 Å². The summed E-state index contributed by atoms with van der Waals surface area (Å²) >= 11 is 0. The van der Waals surface area contributed by atoms with E-state index in [4.69, 9.17) is 9.97 Å². The molecule has 0 unspecified atom stereocenters. The highest BCUT2D eigenvalue weighted by Gasteiger charge is 2.46. The largest absolute Gasteiger partial charge is 0.264 e. The zero-order valence-electron chi connectivity index (χ0n) is 36.5. The van der Waals surface area contributed by atoms with E-state index in [9.17, 15) is 0 Å². The molecule has 1 aliphatic rings. The zero-order valence-corrected chi connectivity index (χ0v) is 36.5. The van der Waals surface area contributed by atoms with Crippen LogP contribution in [0.3, 0.4) is 0 Å². The van der Waals surface area contributed by atoms with Gasteiger partial charge in [0.15, 0.2) is 0 Å². The van der Waals surface area contributed by atoms with E-state index in [0.29, 0.717) is 0 Å². The van der Waals surface area contributed by atoms with Crippen molar-refractivity contribution in [2.45, 2.75) is 5.41 Å². The molecule has 0 radical (unpaired) electrons. The van der Waals surface area contributed by atoms with Gasteiger partial charge in [-0.2, -0.15) is 0 Å². The molecule has 0 spiro atoms. The number of fused-ring (bicyclic) bond motifs is 6. The van der Waals surface area contributed by atoms with E-state index in [1.807, 2.05) is 18.5 Å². The zero-order chi connectivity index (χ0) is 44.3. The Bertz CT molecular complexity index is 3730. The van der Waals surface area contributed by atoms with Crippen LogP contribution in [0.25, 0.3) is 99.6 Å². The van der Waals surface area contributed by atoms with Crippen molar-refractivity contribution in [1.82, 2.24) is 15.0 Å². The van der Waals surface area contributed by atoms with Crippen LogP contribution in [0.4, 0.5) is 0 Å². The fourth-order valence-electron chi connectivity index (χ4n) is 11.1. The van der Waals surface area contributed by atoms with Crippen LogP contribution < -0.4 is 0 Å². The third kappa shape index (κ3) is 6.02. The average Bonchev–Trinajstić information content (AvgIpc) is 3.72. The first-order valence-electron chi connectivity index (χ1n) is 22.9. The molecule has 2 heterocycles. The minimum absolute atomic E-state index is 0.510. The molecule has 0 fully saturated rings. The van der Waals surface area contributed by atoms with Gasteiger partial charge in [-0.3, -0.25) is 4.98 Å². The first kappa shape index (κ1) is 38.6. The number of hydrogen-bond donors (Lipinski definition) is 0. The summed E-state index contributed by atoms with van der Waals surface area (Å²) in [4.78, 5) is 15.7. The van der Waals surface area contributed by atoms with Crippen molar-refractivity contribution in [2.75, 3.05) is 0 Å². The molecule has 0 saturated heterocycles. The lowest BCUT2D eigenvalue weighted by Gasteiger charge is -2.34. The lowest BCUT2D eigenvalue weighted by atomic mass is 9.67. The molecule has 2 aromatic heterocycles. The van der Waals surface area contributed by atoms with Crippen molar-refractivity contribution in [2.24, 2.45) is 0 Å². The van der Waals surface area contributed by atoms with Crippen LogP contribution in [0.1, 0.15) is 22.3 Å². The minimum Gasteiger partial charge on any atom is -0.264 e. The van der Waals surface area contributed by atoms with Crippen molar-refractivity contribution >= 4 is 32.6 Å². The van der Waals surface area contributed by atoms with Gasteiger partial charge in [-0.1, -0.05) is 224 Å². The average molecular weight is 852 g/mol. The molecule has 0 amide bonds. The van der Waals surface area contributed by atoms with Gasteiger partial charge in [0.05, 0.1) is 27.8 Å². The second-order valence-corrected chi connectivity index (χ2v) is 17.4. The Morgan fingerprint density at radius 3 is 1.42 bits per heavy atom. The second-order valence-electron chi connectivity index (χ2n) is 17.4. The van der Waals surface area contributed by atoms with Crippen LogP contribution in [-0.2, 0) is 5.41 Å². The van der Waals surface area contributed by atoms with Gasteiger partial charge >= 0.3 is 0 Å². The summed E-state index contributed by atoms with van der Waals surface area (Å²) in [5.41, 5.74) is 19.3. The first-order chi connectivity index (χ1) is 33.3. The first-order valence-corrected chi connectivity index (χ1v) is 22.9. The Hall–Kier alpha value is -8.79. The van der Waals surface area contributed by atoms with Crippen LogP contribution in [-0.4, -0.2) is 15.0 Å². The maximum Gasteiger partial charge on any atom is 0.0973 e. The number of para-hydroxylation sites is 1. The third-order valence-electron chi connectivity index (χ3n) is 13.8. The summed E-state index contributed by atoms with van der Waals surface area (Å²) in [6.07, 6.45) is 3.80. The molecule has 10 aromatic carbocycles. The maximum atomic E-state index is 5.71. The van der Waals surface area contributed by atoms with Crippen LogP contribution in [0.15, 0.2) is 249 Å². The molecule has 13 rings (SSSR count). The Morgan fingerprint density at radius 1 is 0.299 bits per heavy atom.